The van der Waals surface area contributed by atoms with Crippen LogP contribution in [-0.2, 0) is 0 Å². The van der Waals surface area contributed by atoms with E-state index in [1.165, 1.54) is 12.1 Å². The Kier molecular flexibility index (Phi) is 5.51. The zero-order chi connectivity index (χ0) is 14.5. The SMILES string of the molecule is CN1CCN(CCNC(=O)c2cccc(F)c2Br)CC1. The zero-order valence-electron chi connectivity index (χ0n) is 11.5. The maximum atomic E-state index is 13.3. The van der Waals surface area contributed by atoms with Crippen molar-refractivity contribution >= 4 is 21.8 Å². The fourth-order valence-corrected chi connectivity index (χ4v) is 2.62. The molecule has 0 saturated carbocycles. The number of amides is 1. The Balaban J connectivity index is 1.79. The molecule has 1 fully saturated rings. The number of hydrogen-bond donors (Lipinski definition) is 1. The van der Waals surface area contributed by atoms with E-state index < -0.39 is 5.82 Å². The normalized spacial score (nSPS) is 17.1. The Bertz CT molecular complexity index is 475. The van der Waals surface area contributed by atoms with Gasteiger partial charge in [0.25, 0.3) is 5.91 Å². The largest absolute Gasteiger partial charge is 0.351 e. The van der Waals surface area contributed by atoms with Crippen molar-refractivity contribution in [1.82, 2.24) is 15.1 Å². The molecule has 4 nitrogen and oxygen atoms in total. The van der Waals surface area contributed by atoms with Crippen molar-refractivity contribution in [3.05, 3.63) is 34.1 Å². The summed E-state index contributed by atoms with van der Waals surface area (Å²) in [6, 6.07) is 4.47. The monoisotopic (exact) mass is 343 g/mol. The van der Waals surface area contributed by atoms with Gasteiger partial charge in [0.05, 0.1) is 10.0 Å². The number of halogens is 2. The highest BCUT2D eigenvalue weighted by atomic mass is 79.9. The molecular formula is C14H19BrFN3O. The molecule has 0 unspecified atom stereocenters. The summed E-state index contributed by atoms with van der Waals surface area (Å²) in [7, 11) is 2.11. The first-order valence-electron chi connectivity index (χ1n) is 6.71. The molecule has 2 rings (SSSR count). The fraction of sp³-hybridized carbons (Fsp3) is 0.500. The molecule has 0 bridgehead atoms. The first kappa shape index (κ1) is 15.4. The lowest BCUT2D eigenvalue weighted by Gasteiger charge is -2.32. The van der Waals surface area contributed by atoms with Crippen LogP contribution in [0, 0.1) is 5.82 Å². The van der Waals surface area contributed by atoms with Crippen molar-refractivity contribution in [3.63, 3.8) is 0 Å². The van der Waals surface area contributed by atoms with E-state index in [0.29, 0.717) is 12.1 Å². The molecule has 6 heteroatoms. The predicted octanol–water partition coefficient (Wildman–Crippen LogP) is 1.57. The molecule has 0 aromatic heterocycles. The molecule has 110 valence electrons. The van der Waals surface area contributed by atoms with Gasteiger partial charge in [-0.1, -0.05) is 6.07 Å². The number of likely N-dealkylation sites (N-methyl/N-ethyl adjacent to an activating group) is 1. The number of nitrogens with zero attached hydrogens (tertiary/aromatic N) is 2. The Morgan fingerprint density at radius 2 is 2.05 bits per heavy atom. The van der Waals surface area contributed by atoms with E-state index in [9.17, 15) is 9.18 Å². The van der Waals surface area contributed by atoms with Crippen molar-refractivity contribution in [1.29, 1.82) is 0 Å². The molecule has 0 atom stereocenters. The predicted molar refractivity (Wildman–Crippen MR) is 80.4 cm³/mol. The topological polar surface area (TPSA) is 35.6 Å². The first-order chi connectivity index (χ1) is 9.58. The van der Waals surface area contributed by atoms with Crippen LogP contribution in [0.4, 0.5) is 4.39 Å². The number of nitrogens with one attached hydrogen (secondary N) is 1. The molecule has 1 amide bonds. The lowest BCUT2D eigenvalue weighted by molar-refractivity contribution is 0.0939. The molecule has 1 aromatic rings. The van der Waals surface area contributed by atoms with Crippen LogP contribution in [0.15, 0.2) is 22.7 Å². The number of carbonyl (C=O) groups is 1. The molecule has 1 aliphatic rings. The Morgan fingerprint density at radius 1 is 1.35 bits per heavy atom. The van der Waals surface area contributed by atoms with Crippen LogP contribution in [-0.4, -0.2) is 62.0 Å². The minimum atomic E-state index is -0.420. The van der Waals surface area contributed by atoms with Crippen LogP contribution in [0.5, 0.6) is 0 Å². The van der Waals surface area contributed by atoms with E-state index in [1.807, 2.05) is 0 Å². The van der Waals surface area contributed by atoms with Gasteiger partial charge >= 0.3 is 0 Å². The van der Waals surface area contributed by atoms with Gasteiger partial charge in [0.1, 0.15) is 5.82 Å². The highest BCUT2D eigenvalue weighted by Crippen LogP contribution is 2.20. The summed E-state index contributed by atoms with van der Waals surface area (Å²) in [4.78, 5) is 16.6. The third kappa shape index (κ3) is 4.01. The number of benzene rings is 1. The van der Waals surface area contributed by atoms with Gasteiger partial charge in [-0.2, -0.15) is 0 Å². The molecule has 0 aliphatic carbocycles. The lowest BCUT2D eigenvalue weighted by Crippen LogP contribution is -2.46. The number of hydrogen-bond acceptors (Lipinski definition) is 3. The quantitative estimate of drug-likeness (QED) is 0.901. The molecular weight excluding hydrogens is 325 g/mol. The van der Waals surface area contributed by atoms with Gasteiger partial charge in [0.15, 0.2) is 0 Å². The van der Waals surface area contributed by atoms with E-state index in [-0.39, 0.29) is 10.4 Å². The van der Waals surface area contributed by atoms with E-state index in [0.717, 1.165) is 32.7 Å². The average molecular weight is 344 g/mol. The van der Waals surface area contributed by atoms with Crippen LogP contribution >= 0.6 is 15.9 Å². The van der Waals surface area contributed by atoms with Crippen LogP contribution in [0.3, 0.4) is 0 Å². The zero-order valence-corrected chi connectivity index (χ0v) is 13.1. The van der Waals surface area contributed by atoms with Crippen molar-refractivity contribution in [2.24, 2.45) is 0 Å². The van der Waals surface area contributed by atoms with Crippen LogP contribution in [0.2, 0.25) is 0 Å². The van der Waals surface area contributed by atoms with Gasteiger partial charge in [0.2, 0.25) is 0 Å². The van der Waals surface area contributed by atoms with Gasteiger partial charge < -0.3 is 10.2 Å². The van der Waals surface area contributed by atoms with E-state index in [4.69, 9.17) is 0 Å². The third-order valence-electron chi connectivity index (χ3n) is 3.51. The third-order valence-corrected chi connectivity index (χ3v) is 4.31. The van der Waals surface area contributed by atoms with Crippen molar-refractivity contribution < 1.29 is 9.18 Å². The number of piperazine rings is 1. The summed E-state index contributed by atoms with van der Waals surface area (Å²) in [6.45, 7) is 5.57. The Labute approximate surface area is 127 Å². The van der Waals surface area contributed by atoms with Crippen LogP contribution in [0.1, 0.15) is 10.4 Å². The molecule has 20 heavy (non-hydrogen) atoms. The van der Waals surface area contributed by atoms with Gasteiger partial charge in [0, 0.05) is 39.3 Å². The minimum absolute atomic E-state index is 0.220. The molecule has 0 spiro atoms. The highest BCUT2D eigenvalue weighted by molar-refractivity contribution is 9.10. The number of rotatable bonds is 4. The summed E-state index contributed by atoms with van der Waals surface area (Å²) >= 11 is 3.10. The Morgan fingerprint density at radius 3 is 2.75 bits per heavy atom. The van der Waals surface area contributed by atoms with Crippen LogP contribution < -0.4 is 5.32 Å². The van der Waals surface area contributed by atoms with Crippen molar-refractivity contribution in [2.45, 2.75) is 0 Å². The molecule has 1 aliphatic heterocycles. The maximum absolute atomic E-state index is 13.3. The summed E-state index contributed by atoms with van der Waals surface area (Å²) in [5.74, 6) is -0.665. The first-order valence-corrected chi connectivity index (χ1v) is 7.50. The summed E-state index contributed by atoms with van der Waals surface area (Å²) in [5, 5.41) is 2.83. The van der Waals surface area contributed by atoms with Gasteiger partial charge in [-0.05, 0) is 35.1 Å². The average Bonchev–Trinajstić information content (AvgIpc) is 2.44. The molecule has 1 heterocycles. The standard InChI is InChI=1S/C14H19BrFN3O/c1-18-7-9-19(10-8-18)6-5-17-14(20)11-3-2-4-12(16)13(11)15/h2-4H,5-10H2,1H3,(H,17,20). The van der Waals surface area contributed by atoms with E-state index in [1.54, 1.807) is 6.07 Å². The van der Waals surface area contributed by atoms with E-state index >= 15 is 0 Å². The Hall–Kier alpha value is -0.980. The second-order valence-electron chi connectivity index (χ2n) is 5.00. The van der Waals surface area contributed by atoms with Crippen molar-refractivity contribution in [2.75, 3.05) is 46.3 Å². The fourth-order valence-electron chi connectivity index (χ4n) is 2.17. The van der Waals surface area contributed by atoms with E-state index in [2.05, 4.69) is 38.1 Å². The summed E-state index contributed by atoms with van der Waals surface area (Å²) in [5.41, 5.74) is 0.336. The second kappa shape index (κ2) is 7.15. The molecule has 1 N–H and O–H groups in total. The molecule has 1 saturated heterocycles. The van der Waals surface area contributed by atoms with Gasteiger partial charge in [-0.25, -0.2) is 4.39 Å². The summed E-state index contributed by atoms with van der Waals surface area (Å²) in [6.07, 6.45) is 0. The van der Waals surface area contributed by atoms with Gasteiger partial charge in [-0.3, -0.25) is 9.69 Å². The van der Waals surface area contributed by atoms with Gasteiger partial charge in [-0.15, -0.1) is 0 Å². The van der Waals surface area contributed by atoms with Crippen molar-refractivity contribution in [3.8, 4) is 0 Å². The summed E-state index contributed by atoms with van der Waals surface area (Å²) < 4.78 is 13.6. The minimum Gasteiger partial charge on any atom is -0.351 e. The maximum Gasteiger partial charge on any atom is 0.252 e. The molecule has 0 radical (unpaired) electrons. The smallest absolute Gasteiger partial charge is 0.252 e. The molecule has 1 aromatic carbocycles. The second-order valence-corrected chi connectivity index (χ2v) is 5.80. The lowest BCUT2D eigenvalue weighted by atomic mass is 10.2. The van der Waals surface area contributed by atoms with Crippen LogP contribution in [0.25, 0.3) is 0 Å². The highest BCUT2D eigenvalue weighted by Gasteiger charge is 2.15. The number of carbonyl (C=O) groups excluding carboxylic acids is 1.